The lowest BCUT2D eigenvalue weighted by Crippen LogP contribution is -2.05. The molecule has 0 aromatic heterocycles. The fourth-order valence-electron chi connectivity index (χ4n) is 2.24. The third kappa shape index (κ3) is 6.11. The summed E-state index contributed by atoms with van der Waals surface area (Å²) < 4.78 is 20.1. The summed E-state index contributed by atoms with van der Waals surface area (Å²) in [5.41, 5.74) is 0.871. The summed E-state index contributed by atoms with van der Waals surface area (Å²) in [5.74, 6) is 0.0820. The fraction of sp³-hybridized carbons (Fsp3) is 0.100. The number of methoxy groups -OCH3 is 1. The minimum Gasteiger partial charge on any atom is -0.497 e. The Morgan fingerprint density at radius 3 is 2.08 bits per heavy atom. The lowest BCUT2D eigenvalue weighted by atomic mass is 10.0. The highest BCUT2D eigenvalue weighted by atomic mass is 79.9. The Bertz CT molecular complexity index is 769. The van der Waals surface area contributed by atoms with Crippen LogP contribution in [0.25, 0.3) is 0 Å². The Labute approximate surface area is 163 Å². The smallest absolute Gasteiger partial charge is 0.497 e. The number of benzene rings is 3. The van der Waals surface area contributed by atoms with Crippen LogP contribution >= 0.6 is 12.9 Å². The minimum atomic E-state index is -0.980. The molecule has 126 valence electrons. The lowest BCUT2D eigenvalue weighted by Gasteiger charge is -2.13. The van der Waals surface area contributed by atoms with Gasteiger partial charge in [0.05, 0.1) is 7.11 Å². The monoisotopic (exact) mass is 412 g/mol. The summed E-state index contributed by atoms with van der Waals surface area (Å²) in [6.45, 7) is 0. The standard InChI is InChI=1S/C14H13FO2.C6H5.BrH.Mg/c1-17-11-7-8-13(15)12(9-11)14(16)10-5-3-2-4-6-10;1-2-4-6-5-3-1;;/h2-9,14,16H,1H3;1-5H;1H;/q;;;+1/p-1. The quantitative estimate of drug-likeness (QED) is 0.648. The van der Waals surface area contributed by atoms with Gasteiger partial charge in [0, 0.05) is 5.56 Å². The van der Waals surface area contributed by atoms with Gasteiger partial charge in [0.25, 0.3) is 0 Å². The molecule has 0 radical (unpaired) electrons. The van der Waals surface area contributed by atoms with Crippen molar-refractivity contribution in [3.8, 4) is 5.75 Å². The first-order valence-corrected chi connectivity index (χ1v) is 12.4. The maximum Gasteiger partial charge on any atom is 0.506 e. The molecule has 0 aliphatic carbocycles. The Morgan fingerprint density at radius 1 is 0.960 bits per heavy atom. The third-order valence-corrected chi connectivity index (χ3v) is 6.33. The van der Waals surface area contributed by atoms with Crippen molar-refractivity contribution in [3.05, 3.63) is 95.8 Å². The molecule has 3 aromatic carbocycles. The van der Waals surface area contributed by atoms with Crippen LogP contribution in [0.3, 0.4) is 0 Å². The predicted octanol–water partition coefficient (Wildman–Crippen LogP) is 4.24. The Morgan fingerprint density at radius 2 is 1.56 bits per heavy atom. The third-order valence-electron chi connectivity index (χ3n) is 3.61. The van der Waals surface area contributed by atoms with Crippen LogP contribution in [0.2, 0.25) is 0 Å². The van der Waals surface area contributed by atoms with Crippen molar-refractivity contribution >= 4 is 34.8 Å². The molecule has 5 heteroatoms. The van der Waals surface area contributed by atoms with E-state index >= 15 is 0 Å². The van der Waals surface area contributed by atoms with Gasteiger partial charge in [-0.3, -0.25) is 12.9 Å². The lowest BCUT2D eigenvalue weighted by molar-refractivity contribution is 0.214. The molecule has 0 aliphatic rings. The molecule has 0 aliphatic heterocycles. The van der Waals surface area contributed by atoms with Crippen molar-refractivity contribution in [1.82, 2.24) is 0 Å². The number of halogens is 2. The van der Waals surface area contributed by atoms with Crippen LogP contribution in [0.5, 0.6) is 5.75 Å². The maximum atomic E-state index is 13.6. The molecule has 1 unspecified atom stereocenters. The van der Waals surface area contributed by atoms with Gasteiger partial charge >= 0.3 is 18.2 Å². The molecule has 0 spiro atoms. The summed E-state index contributed by atoms with van der Waals surface area (Å²) >= 11 is 3.40. The number of hydrogen-bond acceptors (Lipinski definition) is 2. The van der Waals surface area contributed by atoms with Gasteiger partial charge in [-0.05, 0) is 23.8 Å². The SMILES string of the molecule is COc1ccc(F)c(C(O)c2ccccc2)c1.[Br][Mg][c]1ccccc1. The van der Waals surface area contributed by atoms with E-state index < -0.39 is 11.9 Å². The van der Waals surface area contributed by atoms with Crippen molar-refractivity contribution in [3.63, 3.8) is 0 Å². The van der Waals surface area contributed by atoms with E-state index in [1.165, 1.54) is 29.0 Å². The van der Waals surface area contributed by atoms with Crippen LogP contribution in [0.15, 0.2) is 78.9 Å². The van der Waals surface area contributed by atoms with E-state index in [0.717, 1.165) is 0 Å². The average Bonchev–Trinajstić information content (AvgIpc) is 2.69. The highest BCUT2D eigenvalue weighted by Crippen LogP contribution is 2.27. The van der Waals surface area contributed by atoms with Gasteiger partial charge in [-0.25, -0.2) is 4.39 Å². The zero-order valence-electron chi connectivity index (χ0n) is 13.9. The maximum absolute atomic E-state index is 13.6. The van der Waals surface area contributed by atoms with E-state index in [4.69, 9.17) is 4.74 Å². The van der Waals surface area contributed by atoms with E-state index in [9.17, 15) is 9.50 Å². The van der Waals surface area contributed by atoms with Crippen molar-refractivity contribution in [1.29, 1.82) is 0 Å². The van der Waals surface area contributed by atoms with Crippen LogP contribution < -0.4 is 8.43 Å². The van der Waals surface area contributed by atoms with Gasteiger partial charge in [-0.2, -0.15) is 3.69 Å². The molecule has 1 N–H and O–H groups in total. The molecule has 0 saturated heterocycles. The van der Waals surface area contributed by atoms with E-state index in [1.54, 1.807) is 24.3 Å². The fourth-order valence-corrected chi connectivity index (χ4v) is 3.81. The Kier molecular flexibility index (Phi) is 8.41. The van der Waals surface area contributed by atoms with Crippen LogP contribution in [0.4, 0.5) is 4.39 Å². The second-order valence-corrected chi connectivity index (χ2v) is 8.09. The van der Waals surface area contributed by atoms with E-state index in [2.05, 4.69) is 37.1 Å². The first kappa shape index (κ1) is 19.9. The molecule has 2 nitrogen and oxygen atoms in total. The number of aliphatic hydroxyl groups excluding tert-OH is 1. The van der Waals surface area contributed by atoms with Crippen molar-refractivity contribution in [2.75, 3.05) is 7.11 Å². The van der Waals surface area contributed by atoms with Gasteiger partial charge < -0.3 is 9.84 Å². The van der Waals surface area contributed by atoms with Gasteiger partial charge in [0.1, 0.15) is 17.7 Å². The molecule has 0 amide bonds. The molecule has 3 aromatic rings. The molecular weight excluding hydrogens is 395 g/mol. The summed E-state index contributed by atoms with van der Waals surface area (Å²) in [4.78, 5) is 0. The zero-order valence-corrected chi connectivity index (χ0v) is 16.9. The van der Waals surface area contributed by atoms with Crippen molar-refractivity contribution < 1.29 is 14.2 Å². The molecule has 3 rings (SSSR count). The normalized spacial score (nSPS) is 10.9. The second-order valence-electron chi connectivity index (χ2n) is 5.32. The number of hydrogen-bond donors (Lipinski definition) is 1. The molecule has 1 atom stereocenters. The van der Waals surface area contributed by atoms with Gasteiger partial charge in [-0.15, -0.1) is 0 Å². The van der Waals surface area contributed by atoms with E-state index in [-0.39, 0.29) is 23.8 Å². The largest absolute Gasteiger partial charge is 0.506 e. The van der Waals surface area contributed by atoms with Crippen LogP contribution in [0.1, 0.15) is 17.2 Å². The first-order chi connectivity index (χ1) is 12.2. The van der Waals surface area contributed by atoms with E-state index in [0.29, 0.717) is 11.3 Å². The van der Waals surface area contributed by atoms with Crippen LogP contribution in [-0.2, 0) is 0 Å². The van der Waals surface area contributed by atoms with Crippen LogP contribution in [-0.4, -0.2) is 30.4 Å². The Balaban J connectivity index is 0.000000236. The zero-order chi connectivity index (χ0) is 18.1. The highest BCUT2D eigenvalue weighted by molar-refractivity contribution is 9.23. The van der Waals surface area contributed by atoms with Gasteiger partial charge in [0.2, 0.25) is 0 Å². The van der Waals surface area contributed by atoms with Gasteiger partial charge in [-0.1, -0.05) is 60.7 Å². The second kappa shape index (κ2) is 10.6. The van der Waals surface area contributed by atoms with Gasteiger partial charge in [0.15, 0.2) is 0 Å². The number of ether oxygens (including phenoxy) is 1. The summed E-state index contributed by atoms with van der Waals surface area (Å²) in [7, 11) is 1.51. The topological polar surface area (TPSA) is 29.5 Å². The van der Waals surface area contributed by atoms with E-state index in [1.807, 2.05) is 12.1 Å². The molecule has 0 bridgehead atoms. The summed E-state index contributed by atoms with van der Waals surface area (Å²) in [6.07, 6.45) is -0.980. The molecule has 25 heavy (non-hydrogen) atoms. The first-order valence-electron chi connectivity index (χ1n) is 7.82. The number of rotatable bonds is 4. The molecule has 0 fully saturated rings. The summed E-state index contributed by atoms with van der Waals surface area (Å²) in [5, 5.41) is 10.1. The number of aliphatic hydroxyl groups is 1. The average molecular weight is 414 g/mol. The van der Waals surface area contributed by atoms with Crippen molar-refractivity contribution in [2.45, 2.75) is 6.10 Å². The highest BCUT2D eigenvalue weighted by Gasteiger charge is 2.15. The van der Waals surface area contributed by atoms with Crippen LogP contribution in [0, 0.1) is 5.82 Å². The Hall–Kier alpha value is -1.40. The minimum absolute atomic E-state index is 0.0962. The predicted molar refractivity (Wildman–Crippen MR) is 104 cm³/mol. The molecule has 0 saturated carbocycles. The molecular formula is C20H18BrFMgO2. The molecule has 0 heterocycles. The summed E-state index contributed by atoms with van der Waals surface area (Å²) in [6, 6.07) is 23.8. The van der Waals surface area contributed by atoms with Crippen molar-refractivity contribution in [2.24, 2.45) is 0 Å².